The number of benzene rings is 1. The second-order valence-electron chi connectivity index (χ2n) is 3.98. The molecule has 21 heavy (non-hydrogen) atoms. The smallest absolute Gasteiger partial charge is 0.252 e. The Morgan fingerprint density at radius 3 is 2.57 bits per heavy atom. The SMILES string of the molecule is NCC#Cc1ccccc1S(=O)(=O)N(CCO)CC(F)F. The molecule has 0 atom stereocenters. The largest absolute Gasteiger partial charge is 0.395 e. The first-order chi connectivity index (χ1) is 9.93. The molecule has 0 spiro atoms. The summed E-state index contributed by atoms with van der Waals surface area (Å²) in [5.41, 5.74) is 5.42. The van der Waals surface area contributed by atoms with Gasteiger partial charge in [0.25, 0.3) is 6.43 Å². The maximum absolute atomic E-state index is 12.5. The van der Waals surface area contributed by atoms with Gasteiger partial charge in [-0.1, -0.05) is 24.0 Å². The van der Waals surface area contributed by atoms with Crippen molar-refractivity contribution in [1.29, 1.82) is 0 Å². The average Bonchev–Trinajstić information content (AvgIpc) is 2.44. The van der Waals surface area contributed by atoms with Gasteiger partial charge in [0.05, 0.1) is 24.6 Å². The highest BCUT2D eigenvalue weighted by Crippen LogP contribution is 2.20. The van der Waals surface area contributed by atoms with Gasteiger partial charge in [-0.05, 0) is 12.1 Å². The topological polar surface area (TPSA) is 83.6 Å². The normalized spacial score (nSPS) is 11.5. The van der Waals surface area contributed by atoms with Crippen LogP contribution < -0.4 is 5.73 Å². The lowest BCUT2D eigenvalue weighted by molar-refractivity contribution is 0.113. The molecule has 1 aromatic carbocycles. The van der Waals surface area contributed by atoms with Crippen molar-refractivity contribution in [2.45, 2.75) is 11.3 Å². The van der Waals surface area contributed by atoms with E-state index in [1.807, 2.05) is 0 Å². The van der Waals surface area contributed by atoms with Crippen LogP contribution >= 0.6 is 0 Å². The van der Waals surface area contributed by atoms with E-state index in [0.29, 0.717) is 4.31 Å². The molecule has 0 bridgehead atoms. The van der Waals surface area contributed by atoms with Gasteiger partial charge in [0.15, 0.2) is 0 Å². The highest BCUT2D eigenvalue weighted by atomic mass is 32.2. The molecular formula is C13H16F2N2O3S. The fourth-order valence-corrected chi connectivity index (χ4v) is 3.21. The molecule has 0 aromatic heterocycles. The summed E-state index contributed by atoms with van der Waals surface area (Å²) in [4.78, 5) is -0.181. The molecule has 0 aliphatic carbocycles. The molecule has 0 fully saturated rings. The summed E-state index contributed by atoms with van der Waals surface area (Å²) >= 11 is 0. The van der Waals surface area contributed by atoms with Gasteiger partial charge in [0.1, 0.15) is 0 Å². The predicted molar refractivity (Wildman–Crippen MR) is 74.2 cm³/mol. The summed E-state index contributed by atoms with van der Waals surface area (Å²) in [7, 11) is -4.17. The molecule has 0 heterocycles. The quantitative estimate of drug-likeness (QED) is 0.736. The Bertz CT molecular complexity index is 624. The molecule has 0 saturated heterocycles. The van der Waals surface area contributed by atoms with Crippen LogP contribution in [-0.4, -0.2) is 50.5 Å². The van der Waals surface area contributed by atoms with Crippen molar-refractivity contribution in [2.24, 2.45) is 5.73 Å². The number of nitrogens with two attached hydrogens (primary N) is 1. The van der Waals surface area contributed by atoms with E-state index in [4.69, 9.17) is 10.8 Å². The number of hydrogen-bond donors (Lipinski definition) is 2. The summed E-state index contributed by atoms with van der Waals surface area (Å²) in [6.07, 6.45) is -2.84. The third kappa shape index (κ3) is 4.75. The van der Waals surface area contributed by atoms with E-state index >= 15 is 0 Å². The molecule has 3 N–H and O–H groups in total. The number of halogens is 2. The lowest BCUT2D eigenvalue weighted by Gasteiger charge is -2.21. The van der Waals surface area contributed by atoms with Gasteiger partial charge in [0, 0.05) is 12.1 Å². The summed E-state index contributed by atoms with van der Waals surface area (Å²) in [5.74, 6) is 5.12. The van der Waals surface area contributed by atoms with Crippen LogP contribution in [-0.2, 0) is 10.0 Å². The molecule has 1 aromatic rings. The Morgan fingerprint density at radius 1 is 1.33 bits per heavy atom. The molecule has 8 heteroatoms. The first-order valence-corrected chi connectivity index (χ1v) is 7.54. The van der Waals surface area contributed by atoms with Gasteiger partial charge in [0.2, 0.25) is 10.0 Å². The van der Waals surface area contributed by atoms with Crippen molar-refractivity contribution in [3.8, 4) is 11.8 Å². The van der Waals surface area contributed by atoms with Crippen LogP contribution in [0.25, 0.3) is 0 Å². The molecule has 5 nitrogen and oxygen atoms in total. The molecule has 1 rings (SSSR count). The van der Waals surface area contributed by atoms with Crippen LogP contribution in [0.1, 0.15) is 5.56 Å². The van der Waals surface area contributed by atoms with Crippen LogP contribution in [0.2, 0.25) is 0 Å². The highest BCUT2D eigenvalue weighted by Gasteiger charge is 2.28. The summed E-state index contributed by atoms with van der Waals surface area (Å²) < 4.78 is 50.4. The lowest BCUT2D eigenvalue weighted by atomic mass is 10.2. The molecule has 116 valence electrons. The predicted octanol–water partition coefficient (Wildman–Crippen LogP) is 0.245. The van der Waals surface area contributed by atoms with Crippen LogP contribution in [0.3, 0.4) is 0 Å². The fourth-order valence-electron chi connectivity index (χ4n) is 1.66. The zero-order valence-electron chi connectivity index (χ0n) is 11.2. The van der Waals surface area contributed by atoms with Crippen molar-refractivity contribution in [3.63, 3.8) is 0 Å². The number of rotatable bonds is 6. The zero-order valence-corrected chi connectivity index (χ0v) is 12.0. The van der Waals surface area contributed by atoms with Crippen molar-refractivity contribution >= 4 is 10.0 Å². The third-order valence-electron chi connectivity index (χ3n) is 2.52. The Morgan fingerprint density at radius 2 is 2.00 bits per heavy atom. The summed E-state index contributed by atoms with van der Waals surface area (Å²) in [5, 5.41) is 8.88. The number of nitrogens with zero attached hydrogens (tertiary/aromatic N) is 1. The van der Waals surface area contributed by atoms with Crippen LogP contribution in [0.4, 0.5) is 8.78 Å². The van der Waals surface area contributed by atoms with E-state index < -0.39 is 36.1 Å². The van der Waals surface area contributed by atoms with Gasteiger partial charge < -0.3 is 10.8 Å². The van der Waals surface area contributed by atoms with E-state index in [0.717, 1.165) is 0 Å². The molecule has 0 aliphatic heterocycles. The van der Waals surface area contributed by atoms with Gasteiger partial charge in [-0.15, -0.1) is 0 Å². The minimum absolute atomic E-state index is 0.0474. The molecule has 0 unspecified atom stereocenters. The third-order valence-corrected chi connectivity index (χ3v) is 4.44. The number of hydrogen-bond acceptors (Lipinski definition) is 4. The minimum Gasteiger partial charge on any atom is -0.395 e. The van der Waals surface area contributed by atoms with E-state index in [1.54, 1.807) is 6.07 Å². The van der Waals surface area contributed by atoms with Gasteiger partial charge in [-0.2, -0.15) is 4.31 Å². The lowest BCUT2D eigenvalue weighted by Crippen LogP contribution is -2.37. The molecule has 0 aliphatic rings. The van der Waals surface area contributed by atoms with Crippen molar-refractivity contribution in [3.05, 3.63) is 29.8 Å². The Kier molecular flexibility index (Phi) is 6.71. The molecular weight excluding hydrogens is 302 g/mol. The number of sulfonamides is 1. The van der Waals surface area contributed by atoms with Crippen molar-refractivity contribution in [1.82, 2.24) is 4.31 Å². The van der Waals surface area contributed by atoms with Crippen LogP contribution in [0.5, 0.6) is 0 Å². The number of aliphatic hydroxyl groups is 1. The molecule has 0 radical (unpaired) electrons. The molecule has 0 saturated carbocycles. The van der Waals surface area contributed by atoms with Crippen LogP contribution in [0.15, 0.2) is 29.2 Å². The maximum atomic E-state index is 12.5. The number of alkyl halides is 2. The van der Waals surface area contributed by atoms with Crippen LogP contribution in [0, 0.1) is 11.8 Å². The number of aliphatic hydroxyl groups excluding tert-OH is 1. The average molecular weight is 318 g/mol. The summed E-state index contributed by atoms with van der Waals surface area (Å²) in [6, 6.07) is 5.81. The summed E-state index contributed by atoms with van der Waals surface area (Å²) in [6.45, 7) is -1.90. The van der Waals surface area contributed by atoms with Crippen molar-refractivity contribution in [2.75, 3.05) is 26.2 Å². The Balaban J connectivity index is 3.27. The van der Waals surface area contributed by atoms with E-state index in [9.17, 15) is 17.2 Å². The van der Waals surface area contributed by atoms with E-state index in [1.165, 1.54) is 18.2 Å². The second kappa shape index (κ2) is 8.05. The fraction of sp³-hybridized carbons (Fsp3) is 0.385. The first-order valence-electron chi connectivity index (χ1n) is 6.10. The van der Waals surface area contributed by atoms with E-state index in [-0.39, 0.29) is 17.0 Å². The zero-order chi connectivity index (χ0) is 15.9. The highest BCUT2D eigenvalue weighted by molar-refractivity contribution is 7.89. The van der Waals surface area contributed by atoms with Gasteiger partial charge in [-0.25, -0.2) is 17.2 Å². The second-order valence-corrected chi connectivity index (χ2v) is 5.89. The first kappa shape index (κ1) is 17.5. The van der Waals surface area contributed by atoms with Crippen molar-refractivity contribution < 1.29 is 22.3 Å². The van der Waals surface area contributed by atoms with Gasteiger partial charge >= 0.3 is 0 Å². The maximum Gasteiger partial charge on any atom is 0.252 e. The Hall–Kier alpha value is -1.53. The minimum atomic E-state index is -4.17. The van der Waals surface area contributed by atoms with Gasteiger partial charge in [-0.3, -0.25) is 0 Å². The standard InChI is InChI=1S/C13H16F2N2O3S/c14-13(15)10-17(8-9-18)21(19,20)12-6-2-1-4-11(12)5-3-7-16/h1-2,4,6,13,18H,7-10,16H2. The Labute approximate surface area is 122 Å². The molecule has 0 amide bonds. The monoisotopic (exact) mass is 318 g/mol. The van der Waals surface area contributed by atoms with E-state index in [2.05, 4.69) is 11.8 Å².